The Balaban J connectivity index is 1.82. The van der Waals surface area contributed by atoms with Gasteiger partial charge in [0.05, 0.1) is 10.6 Å². The van der Waals surface area contributed by atoms with Gasteiger partial charge in [-0.1, -0.05) is 34.8 Å². The van der Waals surface area contributed by atoms with Crippen molar-refractivity contribution in [3.63, 3.8) is 0 Å². The molecule has 5 nitrogen and oxygen atoms in total. The van der Waals surface area contributed by atoms with Gasteiger partial charge in [-0.15, -0.1) is 0 Å². The molecule has 0 saturated carbocycles. The van der Waals surface area contributed by atoms with Gasteiger partial charge in [0.1, 0.15) is 5.76 Å². The second-order valence-corrected chi connectivity index (χ2v) is 6.56. The Morgan fingerprint density at radius 2 is 1.62 bits per heavy atom. The number of hydrogen-bond donors (Lipinski definition) is 2. The fourth-order valence-electron chi connectivity index (χ4n) is 2.27. The maximum atomic E-state index is 12.3. The maximum Gasteiger partial charge on any atom is 0.337 e. The van der Waals surface area contributed by atoms with Crippen LogP contribution < -0.4 is 5.32 Å². The average molecular weight is 411 g/mol. The smallest absolute Gasteiger partial charge is 0.337 e. The van der Waals surface area contributed by atoms with Crippen LogP contribution in [-0.4, -0.2) is 17.0 Å². The van der Waals surface area contributed by atoms with Gasteiger partial charge >= 0.3 is 5.97 Å². The SMILES string of the molecule is O=C(Nc1ccc(Cl)c(C(=O)O)c1)c1ccc(-c2cc(Cl)cc(Cl)c2)o1. The zero-order chi connectivity index (χ0) is 18.8. The molecule has 3 rings (SSSR count). The summed E-state index contributed by atoms with van der Waals surface area (Å²) in [6, 6.07) is 12.2. The second-order valence-electron chi connectivity index (χ2n) is 5.28. The molecule has 0 fully saturated rings. The van der Waals surface area contributed by atoms with Crippen LogP contribution >= 0.6 is 34.8 Å². The Labute approximate surface area is 163 Å². The lowest BCUT2D eigenvalue weighted by molar-refractivity contribution is 0.0696. The van der Waals surface area contributed by atoms with E-state index in [1.165, 1.54) is 24.3 Å². The predicted molar refractivity (Wildman–Crippen MR) is 101 cm³/mol. The second kappa shape index (κ2) is 7.41. The van der Waals surface area contributed by atoms with Crippen molar-refractivity contribution in [1.82, 2.24) is 0 Å². The Bertz CT molecular complexity index is 993. The Hall–Kier alpha value is -2.47. The van der Waals surface area contributed by atoms with Crippen molar-refractivity contribution in [1.29, 1.82) is 0 Å². The van der Waals surface area contributed by atoms with E-state index in [0.717, 1.165) is 0 Å². The predicted octanol–water partition coefficient (Wildman–Crippen LogP) is 5.86. The van der Waals surface area contributed by atoms with Crippen LogP contribution in [0.5, 0.6) is 0 Å². The van der Waals surface area contributed by atoms with E-state index in [4.69, 9.17) is 44.3 Å². The minimum atomic E-state index is -1.19. The Morgan fingerprint density at radius 3 is 2.27 bits per heavy atom. The van der Waals surface area contributed by atoms with E-state index in [-0.39, 0.29) is 22.0 Å². The van der Waals surface area contributed by atoms with Gasteiger partial charge in [-0.3, -0.25) is 4.79 Å². The summed E-state index contributed by atoms with van der Waals surface area (Å²) < 4.78 is 5.54. The van der Waals surface area contributed by atoms with Crippen molar-refractivity contribution in [3.8, 4) is 11.3 Å². The number of carboxylic acids is 1. The van der Waals surface area contributed by atoms with Crippen molar-refractivity contribution < 1.29 is 19.1 Å². The number of nitrogens with one attached hydrogen (secondary N) is 1. The molecule has 0 unspecified atom stereocenters. The largest absolute Gasteiger partial charge is 0.478 e. The number of amides is 1. The van der Waals surface area contributed by atoms with E-state index in [1.807, 2.05) is 0 Å². The summed E-state index contributed by atoms with van der Waals surface area (Å²) in [5.41, 5.74) is 0.792. The molecule has 132 valence electrons. The third-order valence-corrected chi connectivity index (χ3v) is 4.20. The summed E-state index contributed by atoms with van der Waals surface area (Å²) in [5.74, 6) is -1.27. The number of carbonyl (C=O) groups is 2. The number of anilines is 1. The number of carbonyl (C=O) groups excluding carboxylic acids is 1. The van der Waals surface area contributed by atoms with E-state index in [1.54, 1.807) is 24.3 Å². The zero-order valence-corrected chi connectivity index (χ0v) is 15.2. The molecular weight excluding hydrogens is 401 g/mol. The molecule has 0 bridgehead atoms. The number of halogens is 3. The summed E-state index contributed by atoms with van der Waals surface area (Å²) in [6.45, 7) is 0. The summed E-state index contributed by atoms with van der Waals surface area (Å²) in [5, 5.41) is 12.6. The van der Waals surface area contributed by atoms with E-state index in [9.17, 15) is 9.59 Å². The van der Waals surface area contributed by atoms with Gasteiger partial charge in [-0.05, 0) is 48.5 Å². The van der Waals surface area contributed by atoms with Crippen LogP contribution in [0.25, 0.3) is 11.3 Å². The molecule has 2 N–H and O–H groups in total. The number of furan rings is 1. The quantitative estimate of drug-likeness (QED) is 0.565. The fraction of sp³-hybridized carbons (Fsp3) is 0. The third kappa shape index (κ3) is 4.02. The van der Waals surface area contributed by atoms with Gasteiger partial charge < -0.3 is 14.8 Å². The lowest BCUT2D eigenvalue weighted by atomic mass is 10.2. The number of hydrogen-bond acceptors (Lipinski definition) is 3. The van der Waals surface area contributed by atoms with Crippen LogP contribution in [0.2, 0.25) is 15.1 Å². The van der Waals surface area contributed by atoms with Crippen molar-refractivity contribution in [2.75, 3.05) is 5.32 Å². The van der Waals surface area contributed by atoms with Crippen LogP contribution in [0.3, 0.4) is 0 Å². The summed E-state index contributed by atoms with van der Waals surface area (Å²) in [4.78, 5) is 23.4. The van der Waals surface area contributed by atoms with E-state index in [2.05, 4.69) is 5.32 Å². The molecule has 0 spiro atoms. The molecule has 26 heavy (non-hydrogen) atoms. The van der Waals surface area contributed by atoms with Crippen molar-refractivity contribution in [3.05, 3.63) is 74.9 Å². The van der Waals surface area contributed by atoms with Crippen LogP contribution in [0.1, 0.15) is 20.9 Å². The lowest BCUT2D eigenvalue weighted by Crippen LogP contribution is -2.11. The first-order valence-electron chi connectivity index (χ1n) is 7.24. The van der Waals surface area contributed by atoms with Gasteiger partial charge in [0.2, 0.25) is 0 Å². The summed E-state index contributed by atoms with van der Waals surface area (Å²) in [7, 11) is 0. The molecule has 1 aromatic heterocycles. The van der Waals surface area contributed by atoms with Gasteiger partial charge in [0.15, 0.2) is 5.76 Å². The van der Waals surface area contributed by atoms with Gasteiger partial charge in [0, 0.05) is 21.3 Å². The highest BCUT2D eigenvalue weighted by atomic mass is 35.5. The highest BCUT2D eigenvalue weighted by molar-refractivity contribution is 6.35. The van der Waals surface area contributed by atoms with Gasteiger partial charge in [-0.25, -0.2) is 4.79 Å². The molecule has 0 saturated heterocycles. The number of carboxylic acid groups (broad SMARTS) is 1. The fourth-order valence-corrected chi connectivity index (χ4v) is 3.00. The van der Waals surface area contributed by atoms with Crippen LogP contribution in [0.15, 0.2) is 52.9 Å². The molecule has 1 amide bonds. The normalized spacial score (nSPS) is 10.6. The molecular formula is C18H10Cl3NO4. The number of benzene rings is 2. The molecule has 0 aliphatic rings. The van der Waals surface area contributed by atoms with E-state index < -0.39 is 11.9 Å². The van der Waals surface area contributed by atoms with E-state index >= 15 is 0 Å². The van der Waals surface area contributed by atoms with Crippen LogP contribution in [-0.2, 0) is 0 Å². The van der Waals surface area contributed by atoms with Crippen LogP contribution in [0, 0.1) is 0 Å². The molecule has 0 aliphatic heterocycles. The summed E-state index contributed by atoms with van der Waals surface area (Å²) in [6.07, 6.45) is 0. The zero-order valence-electron chi connectivity index (χ0n) is 12.9. The highest BCUT2D eigenvalue weighted by Gasteiger charge is 2.15. The first-order valence-corrected chi connectivity index (χ1v) is 8.37. The standard InChI is InChI=1S/C18H10Cl3NO4/c19-10-5-9(6-11(20)7-10)15-3-4-16(26-15)17(23)22-12-1-2-14(21)13(8-12)18(24)25/h1-8H,(H,22,23)(H,24,25). The van der Waals surface area contributed by atoms with Gasteiger partial charge in [-0.2, -0.15) is 0 Å². The summed E-state index contributed by atoms with van der Waals surface area (Å²) >= 11 is 17.7. The minimum absolute atomic E-state index is 0.0444. The topological polar surface area (TPSA) is 79.5 Å². The maximum absolute atomic E-state index is 12.3. The molecule has 0 radical (unpaired) electrons. The average Bonchev–Trinajstić information content (AvgIpc) is 3.05. The van der Waals surface area contributed by atoms with Gasteiger partial charge in [0.25, 0.3) is 5.91 Å². The monoisotopic (exact) mass is 409 g/mol. The molecule has 8 heteroatoms. The van der Waals surface area contributed by atoms with Crippen LogP contribution in [0.4, 0.5) is 5.69 Å². The number of rotatable bonds is 4. The Morgan fingerprint density at radius 1 is 0.923 bits per heavy atom. The van der Waals surface area contributed by atoms with Crippen molar-refractivity contribution >= 4 is 52.4 Å². The minimum Gasteiger partial charge on any atom is -0.478 e. The third-order valence-electron chi connectivity index (χ3n) is 3.43. The molecule has 0 atom stereocenters. The van der Waals surface area contributed by atoms with Crippen molar-refractivity contribution in [2.45, 2.75) is 0 Å². The van der Waals surface area contributed by atoms with E-state index in [0.29, 0.717) is 21.4 Å². The molecule has 2 aromatic carbocycles. The first-order chi connectivity index (χ1) is 12.3. The molecule has 0 aliphatic carbocycles. The van der Waals surface area contributed by atoms with Crippen molar-refractivity contribution in [2.24, 2.45) is 0 Å². The lowest BCUT2D eigenvalue weighted by Gasteiger charge is -2.06. The molecule has 1 heterocycles. The Kier molecular flexibility index (Phi) is 5.23. The first kappa shape index (κ1) is 18.3. The number of aromatic carboxylic acids is 1. The highest BCUT2D eigenvalue weighted by Crippen LogP contribution is 2.29. The molecule has 3 aromatic rings.